The summed E-state index contributed by atoms with van der Waals surface area (Å²) >= 11 is 0. The fourth-order valence-electron chi connectivity index (χ4n) is 0.283. The Morgan fingerprint density at radius 2 is 1.54 bits per heavy atom. The van der Waals surface area contributed by atoms with Crippen LogP contribution in [0, 0.1) is 0 Å². The van der Waals surface area contributed by atoms with Crippen molar-refractivity contribution in [3.63, 3.8) is 0 Å². The topological polar surface area (TPSA) is 125 Å². The number of aliphatic hydroxyl groups excluding tert-OH is 2. The second-order valence-electron chi connectivity index (χ2n) is 1.94. The van der Waals surface area contributed by atoms with E-state index in [1.54, 1.807) is 6.92 Å². The van der Waals surface area contributed by atoms with Gasteiger partial charge in [-0.25, -0.2) is 0 Å². The number of hydrogen-bond acceptors (Lipinski definition) is 5. The molecule has 0 unspecified atom stereocenters. The largest absolute Gasteiger partial charge is 0.481 e. The zero-order valence-electron chi connectivity index (χ0n) is 7.99. The first kappa shape index (κ1) is 18.2. The van der Waals surface area contributed by atoms with Gasteiger partial charge in [-0.2, -0.15) is 0 Å². The smallest absolute Gasteiger partial charge is 0.303 e. The Kier molecular flexibility index (Phi) is 24.3. The number of aliphatic hydroxyl groups is 2. The maximum Gasteiger partial charge on any atom is 0.303 e. The average Bonchev–Trinajstić information content (AvgIpc) is 2.07. The van der Waals surface area contributed by atoms with E-state index in [9.17, 15) is 4.79 Å². The summed E-state index contributed by atoms with van der Waals surface area (Å²) in [5.41, 5.74) is 0. The zero-order chi connectivity index (χ0) is 9.82. The second kappa shape index (κ2) is 17.4. The summed E-state index contributed by atoms with van der Waals surface area (Å²) in [5, 5.41) is 26.8. The van der Waals surface area contributed by atoms with Crippen LogP contribution in [0.15, 0.2) is 0 Å². The van der Waals surface area contributed by atoms with Crippen molar-refractivity contribution in [2.24, 2.45) is 0 Å². The number of carboxylic acid groups (broad SMARTS) is 1. The number of carboxylic acids is 1. The van der Waals surface area contributed by atoms with E-state index < -0.39 is 5.97 Å². The highest BCUT2D eigenvalue weighted by Gasteiger charge is 1.80. The average molecular weight is 196 g/mol. The van der Waals surface area contributed by atoms with Crippen LogP contribution in [0.25, 0.3) is 0 Å². The van der Waals surface area contributed by atoms with Crippen LogP contribution in [0.2, 0.25) is 0 Å². The van der Waals surface area contributed by atoms with E-state index in [1.165, 1.54) is 0 Å². The molecule has 0 aliphatic heterocycles. The zero-order valence-corrected chi connectivity index (χ0v) is 7.99. The first-order chi connectivity index (χ1) is 5.68. The van der Waals surface area contributed by atoms with E-state index in [-0.39, 0.29) is 25.8 Å². The predicted molar refractivity (Wildman–Crippen MR) is 50.0 cm³/mol. The molecule has 6 nitrogen and oxygen atoms in total. The van der Waals surface area contributed by atoms with Gasteiger partial charge in [-0.05, 0) is 0 Å². The molecule has 13 heavy (non-hydrogen) atoms. The number of carbonyl (C=O) groups is 1. The molecule has 0 aromatic heterocycles. The van der Waals surface area contributed by atoms with Crippen molar-refractivity contribution in [2.75, 3.05) is 26.3 Å². The van der Waals surface area contributed by atoms with Crippen LogP contribution in [0.5, 0.6) is 0 Å². The highest BCUT2D eigenvalue weighted by atomic mass is 16.4. The van der Waals surface area contributed by atoms with Crippen molar-refractivity contribution in [1.82, 2.24) is 11.5 Å². The fraction of sp³-hybridized carbons (Fsp3) is 0.857. The molecule has 0 aliphatic rings. The van der Waals surface area contributed by atoms with Crippen molar-refractivity contribution in [3.05, 3.63) is 0 Å². The van der Waals surface area contributed by atoms with Gasteiger partial charge in [0.05, 0.1) is 13.2 Å². The summed E-state index contributed by atoms with van der Waals surface area (Å²) in [7, 11) is 0. The minimum Gasteiger partial charge on any atom is -0.481 e. The SMILES string of the molecule is CCC(=O)O.N.OCCNCCO. The Morgan fingerprint density at radius 3 is 1.69 bits per heavy atom. The van der Waals surface area contributed by atoms with Gasteiger partial charge < -0.3 is 26.8 Å². The molecule has 0 saturated heterocycles. The molecule has 7 N–H and O–H groups in total. The molecule has 0 aromatic rings. The van der Waals surface area contributed by atoms with Gasteiger partial charge in [0, 0.05) is 19.5 Å². The number of rotatable bonds is 5. The third kappa shape index (κ3) is 34.8. The molecule has 0 aliphatic carbocycles. The summed E-state index contributed by atoms with van der Waals surface area (Å²) in [6.45, 7) is 3.02. The molecular weight excluding hydrogens is 176 g/mol. The van der Waals surface area contributed by atoms with Crippen LogP contribution in [0.3, 0.4) is 0 Å². The Bertz CT molecular complexity index is 96.5. The molecule has 0 spiro atoms. The van der Waals surface area contributed by atoms with Crippen LogP contribution in [-0.4, -0.2) is 47.6 Å². The Balaban J connectivity index is -0.000000150. The lowest BCUT2D eigenvalue weighted by atomic mass is 10.5. The molecule has 0 heterocycles. The van der Waals surface area contributed by atoms with E-state index in [1.807, 2.05) is 0 Å². The maximum absolute atomic E-state index is 9.37. The third-order valence-corrected chi connectivity index (χ3v) is 0.880. The first-order valence-corrected chi connectivity index (χ1v) is 3.83. The lowest BCUT2D eigenvalue weighted by molar-refractivity contribution is -0.136. The minimum absolute atomic E-state index is 0. The standard InChI is InChI=1S/C4H11NO2.C3H6O2.H3N/c6-3-1-5-2-4-7;1-2-3(4)5;/h5-7H,1-4H2;2H2,1H3,(H,4,5);1H3. The highest BCUT2D eigenvalue weighted by molar-refractivity contribution is 5.66. The number of nitrogens with one attached hydrogen (secondary N) is 1. The van der Waals surface area contributed by atoms with Gasteiger partial charge in [0.2, 0.25) is 0 Å². The molecule has 0 aromatic carbocycles. The molecule has 6 heteroatoms. The Labute approximate surface area is 78.2 Å². The summed E-state index contributed by atoms with van der Waals surface area (Å²) in [6, 6.07) is 0. The van der Waals surface area contributed by atoms with E-state index in [0.717, 1.165) is 0 Å². The van der Waals surface area contributed by atoms with Crippen LogP contribution >= 0.6 is 0 Å². The first-order valence-electron chi connectivity index (χ1n) is 3.83. The molecule has 0 radical (unpaired) electrons. The van der Waals surface area contributed by atoms with Gasteiger partial charge >= 0.3 is 5.97 Å². The molecular formula is C7H20N2O4. The minimum atomic E-state index is -0.745. The summed E-state index contributed by atoms with van der Waals surface area (Å²) in [5.74, 6) is -0.745. The van der Waals surface area contributed by atoms with Gasteiger partial charge in [-0.1, -0.05) is 6.92 Å². The van der Waals surface area contributed by atoms with E-state index in [4.69, 9.17) is 15.3 Å². The van der Waals surface area contributed by atoms with Crippen molar-refractivity contribution >= 4 is 5.97 Å². The van der Waals surface area contributed by atoms with Crippen molar-refractivity contribution in [3.8, 4) is 0 Å². The molecule has 0 rings (SSSR count). The van der Waals surface area contributed by atoms with Crippen LogP contribution in [-0.2, 0) is 4.79 Å². The third-order valence-electron chi connectivity index (χ3n) is 0.880. The van der Waals surface area contributed by atoms with Crippen molar-refractivity contribution in [2.45, 2.75) is 13.3 Å². The fourth-order valence-corrected chi connectivity index (χ4v) is 0.283. The number of hydrogen-bond donors (Lipinski definition) is 5. The second-order valence-corrected chi connectivity index (χ2v) is 1.94. The molecule has 0 bridgehead atoms. The Hall–Kier alpha value is -0.690. The Morgan fingerprint density at radius 1 is 1.23 bits per heavy atom. The van der Waals surface area contributed by atoms with Gasteiger partial charge in [-0.15, -0.1) is 0 Å². The van der Waals surface area contributed by atoms with E-state index >= 15 is 0 Å². The van der Waals surface area contributed by atoms with Crippen LogP contribution in [0.1, 0.15) is 13.3 Å². The van der Waals surface area contributed by atoms with E-state index in [0.29, 0.717) is 13.1 Å². The number of aliphatic carboxylic acids is 1. The van der Waals surface area contributed by atoms with Gasteiger partial charge in [0.25, 0.3) is 0 Å². The summed E-state index contributed by atoms with van der Waals surface area (Å²) in [4.78, 5) is 9.37. The molecule has 82 valence electrons. The lowest BCUT2D eigenvalue weighted by Crippen LogP contribution is -2.21. The molecule has 0 fully saturated rings. The highest BCUT2D eigenvalue weighted by Crippen LogP contribution is 1.67. The van der Waals surface area contributed by atoms with Crippen LogP contribution in [0.4, 0.5) is 0 Å². The quantitative estimate of drug-likeness (QED) is 0.367. The van der Waals surface area contributed by atoms with Gasteiger partial charge in [0.15, 0.2) is 0 Å². The molecule has 0 saturated carbocycles. The van der Waals surface area contributed by atoms with Gasteiger partial charge in [-0.3, -0.25) is 4.79 Å². The summed E-state index contributed by atoms with van der Waals surface area (Å²) < 4.78 is 0. The molecule has 0 atom stereocenters. The van der Waals surface area contributed by atoms with Crippen LogP contribution < -0.4 is 11.5 Å². The molecule has 0 amide bonds. The predicted octanol–water partition coefficient (Wildman–Crippen LogP) is -0.796. The van der Waals surface area contributed by atoms with Gasteiger partial charge in [0.1, 0.15) is 0 Å². The summed E-state index contributed by atoms with van der Waals surface area (Å²) in [6.07, 6.45) is 0.222. The normalized spacial score (nSPS) is 7.92. The van der Waals surface area contributed by atoms with Crippen molar-refractivity contribution in [1.29, 1.82) is 0 Å². The lowest BCUT2D eigenvalue weighted by Gasteiger charge is -1.94. The maximum atomic E-state index is 9.37. The van der Waals surface area contributed by atoms with E-state index in [2.05, 4.69) is 5.32 Å². The monoisotopic (exact) mass is 196 g/mol. The van der Waals surface area contributed by atoms with Crippen molar-refractivity contribution < 1.29 is 20.1 Å².